The van der Waals surface area contributed by atoms with Crippen LogP contribution in [0.3, 0.4) is 0 Å². The van der Waals surface area contributed by atoms with Gasteiger partial charge in [-0.15, -0.1) is 0 Å². The van der Waals surface area contributed by atoms with Gasteiger partial charge in [0.05, 0.1) is 11.3 Å². The topological polar surface area (TPSA) is 78.4 Å². The Bertz CT molecular complexity index is 489. The van der Waals surface area contributed by atoms with Crippen LogP contribution in [0.2, 0.25) is 0 Å². The summed E-state index contributed by atoms with van der Waals surface area (Å²) in [5.41, 5.74) is 0.399. The number of carbonyl (C=O) groups excluding carboxylic acids is 1. The van der Waals surface area contributed by atoms with E-state index in [2.05, 4.69) is 26.6 Å². The molecule has 0 heterocycles. The van der Waals surface area contributed by atoms with Gasteiger partial charge < -0.3 is 15.7 Å². The minimum Gasteiger partial charge on any atom is -0.478 e. The molecule has 0 aliphatic carbocycles. The van der Waals surface area contributed by atoms with E-state index in [0.717, 1.165) is 11.0 Å². The standard InChI is InChI=1S/C14H19BrN2O3/c1-9(2)16-7-3-4-13(18)17-12-8-10(15)5-6-11(12)14(19)20/h5-6,8-9,16H,3-4,7H2,1-2H3,(H,17,18)(H,19,20). The number of hydrogen-bond acceptors (Lipinski definition) is 3. The zero-order valence-corrected chi connectivity index (χ0v) is 13.2. The molecular weight excluding hydrogens is 324 g/mol. The molecule has 110 valence electrons. The molecule has 0 spiro atoms. The molecule has 1 rings (SSSR count). The molecule has 0 fully saturated rings. The second-order valence-corrected chi connectivity index (χ2v) is 5.67. The summed E-state index contributed by atoms with van der Waals surface area (Å²) < 4.78 is 0.722. The molecule has 1 aromatic rings. The van der Waals surface area contributed by atoms with Gasteiger partial charge in [-0.2, -0.15) is 0 Å². The van der Waals surface area contributed by atoms with E-state index in [1.54, 1.807) is 12.1 Å². The lowest BCUT2D eigenvalue weighted by atomic mass is 10.1. The van der Waals surface area contributed by atoms with Gasteiger partial charge in [-0.25, -0.2) is 4.79 Å². The van der Waals surface area contributed by atoms with Crippen LogP contribution in [0.15, 0.2) is 22.7 Å². The number of aromatic carboxylic acids is 1. The number of hydrogen-bond donors (Lipinski definition) is 3. The van der Waals surface area contributed by atoms with E-state index >= 15 is 0 Å². The number of amides is 1. The molecule has 6 heteroatoms. The molecule has 0 aliphatic heterocycles. The Morgan fingerprint density at radius 1 is 1.35 bits per heavy atom. The first-order valence-electron chi connectivity index (χ1n) is 6.46. The summed E-state index contributed by atoms with van der Waals surface area (Å²) in [4.78, 5) is 22.9. The van der Waals surface area contributed by atoms with Crippen molar-refractivity contribution < 1.29 is 14.7 Å². The van der Waals surface area contributed by atoms with Crippen LogP contribution in [0, 0.1) is 0 Å². The lowest BCUT2D eigenvalue weighted by Crippen LogP contribution is -2.25. The average molecular weight is 343 g/mol. The molecular formula is C14H19BrN2O3. The first kappa shape index (κ1) is 16.7. The quantitative estimate of drug-likeness (QED) is 0.665. The van der Waals surface area contributed by atoms with Gasteiger partial charge in [0.1, 0.15) is 0 Å². The van der Waals surface area contributed by atoms with E-state index in [0.29, 0.717) is 24.6 Å². The summed E-state index contributed by atoms with van der Waals surface area (Å²) in [6.45, 7) is 4.84. The Labute approximate surface area is 126 Å². The van der Waals surface area contributed by atoms with Crippen LogP contribution in [0.1, 0.15) is 37.0 Å². The Morgan fingerprint density at radius 2 is 2.05 bits per heavy atom. The third kappa shape index (κ3) is 5.71. The fourth-order valence-corrected chi connectivity index (χ4v) is 2.02. The number of benzene rings is 1. The van der Waals surface area contributed by atoms with Crippen LogP contribution < -0.4 is 10.6 Å². The van der Waals surface area contributed by atoms with Crippen LogP contribution in [-0.4, -0.2) is 29.6 Å². The van der Waals surface area contributed by atoms with Crippen molar-refractivity contribution >= 4 is 33.5 Å². The van der Waals surface area contributed by atoms with Gasteiger partial charge in [-0.1, -0.05) is 29.8 Å². The van der Waals surface area contributed by atoms with Gasteiger partial charge in [0.15, 0.2) is 0 Å². The van der Waals surface area contributed by atoms with E-state index in [1.807, 2.05) is 13.8 Å². The summed E-state index contributed by atoms with van der Waals surface area (Å²) >= 11 is 3.26. The molecule has 5 nitrogen and oxygen atoms in total. The number of halogens is 1. The van der Waals surface area contributed by atoms with Crippen LogP contribution in [0.4, 0.5) is 5.69 Å². The predicted molar refractivity (Wildman–Crippen MR) is 82.1 cm³/mol. The van der Waals surface area contributed by atoms with Crippen LogP contribution in [-0.2, 0) is 4.79 Å². The highest BCUT2D eigenvalue weighted by atomic mass is 79.9. The van der Waals surface area contributed by atoms with Gasteiger partial charge >= 0.3 is 5.97 Å². The number of anilines is 1. The number of carboxylic acids is 1. The summed E-state index contributed by atoms with van der Waals surface area (Å²) in [6, 6.07) is 5.07. The molecule has 0 aromatic heterocycles. The zero-order chi connectivity index (χ0) is 15.1. The Balaban J connectivity index is 2.57. The molecule has 1 amide bonds. The summed E-state index contributed by atoms with van der Waals surface area (Å²) in [5, 5.41) is 14.9. The summed E-state index contributed by atoms with van der Waals surface area (Å²) in [5.74, 6) is -1.24. The van der Waals surface area contributed by atoms with Crippen LogP contribution in [0.5, 0.6) is 0 Å². The highest BCUT2D eigenvalue weighted by Crippen LogP contribution is 2.21. The van der Waals surface area contributed by atoms with E-state index in [4.69, 9.17) is 5.11 Å². The van der Waals surface area contributed by atoms with Crippen molar-refractivity contribution in [2.75, 3.05) is 11.9 Å². The zero-order valence-electron chi connectivity index (χ0n) is 11.6. The second kappa shape index (κ2) is 8.01. The van der Waals surface area contributed by atoms with Crippen molar-refractivity contribution in [1.29, 1.82) is 0 Å². The Kier molecular flexibility index (Phi) is 6.67. The van der Waals surface area contributed by atoms with E-state index in [-0.39, 0.29) is 11.5 Å². The highest BCUT2D eigenvalue weighted by molar-refractivity contribution is 9.10. The number of nitrogens with one attached hydrogen (secondary N) is 2. The van der Waals surface area contributed by atoms with E-state index in [1.165, 1.54) is 6.07 Å². The van der Waals surface area contributed by atoms with Gasteiger partial charge in [-0.3, -0.25) is 4.79 Å². The van der Waals surface area contributed by atoms with Gasteiger partial charge in [-0.05, 0) is 31.2 Å². The lowest BCUT2D eigenvalue weighted by Gasteiger charge is -2.10. The van der Waals surface area contributed by atoms with Crippen molar-refractivity contribution in [1.82, 2.24) is 5.32 Å². The molecule has 3 N–H and O–H groups in total. The maximum atomic E-state index is 11.8. The van der Waals surface area contributed by atoms with Gasteiger partial charge in [0, 0.05) is 16.9 Å². The van der Waals surface area contributed by atoms with Crippen molar-refractivity contribution in [3.63, 3.8) is 0 Å². The fraction of sp³-hybridized carbons (Fsp3) is 0.429. The molecule has 0 saturated heterocycles. The molecule has 0 atom stereocenters. The molecule has 20 heavy (non-hydrogen) atoms. The van der Waals surface area contributed by atoms with Crippen LogP contribution >= 0.6 is 15.9 Å². The number of carbonyl (C=O) groups is 2. The third-order valence-electron chi connectivity index (χ3n) is 2.62. The highest BCUT2D eigenvalue weighted by Gasteiger charge is 2.12. The molecule has 0 radical (unpaired) electrons. The molecule has 0 saturated carbocycles. The number of rotatable bonds is 7. The molecule has 1 aromatic carbocycles. The van der Waals surface area contributed by atoms with Crippen LogP contribution in [0.25, 0.3) is 0 Å². The van der Waals surface area contributed by atoms with E-state index < -0.39 is 5.97 Å². The van der Waals surface area contributed by atoms with Crippen molar-refractivity contribution in [2.24, 2.45) is 0 Å². The molecule has 0 unspecified atom stereocenters. The minimum absolute atomic E-state index is 0.0851. The van der Waals surface area contributed by atoms with Gasteiger partial charge in [0.25, 0.3) is 0 Å². The smallest absolute Gasteiger partial charge is 0.337 e. The lowest BCUT2D eigenvalue weighted by molar-refractivity contribution is -0.116. The molecule has 0 bridgehead atoms. The van der Waals surface area contributed by atoms with E-state index in [9.17, 15) is 9.59 Å². The molecule has 0 aliphatic rings. The monoisotopic (exact) mass is 342 g/mol. The maximum Gasteiger partial charge on any atom is 0.337 e. The normalized spacial score (nSPS) is 10.6. The first-order chi connectivity index (χ1) is 9.40. The van der Waals surface area contributed by atoms with Gasteiger partial charge in [0.2, 0.25) is 5.91 Å². The second-order valence-electron chi connectivity index (χ2n) is 4.76. The third-order valence-corrected chi connectivity index (χ3v) is 3.11. The minimum atomic E-state index is -1.06. The summed E-state index contributed by atoms with van der Waals surface area (Å²) in [7, 11) is 0. The van der Waals surface area contributed by atoms with Crippen molar-refractivity contribution in [3.8, 4) is 0 Å². The largest absolute Gasteiger partial charge is 0.478 e. The van der Waals surface area contributed by atoms with Crippen molar-refractivity contribution in [3.05, 3.63) is 28.2 Å². The average Bonchev–Trinajstić information content (AvgIpc) is 2.34. The fourth-order valence-electron chi connectivity index (χ4n) is 1.66. The summed E-state index contributed by atoms with van der Waals surface area (Å²) in [6.07, 6.45) is 1.06. The maximum absolute atomic E-state index is 11.8. The Hall–Kier alpha value is -1.40. The first-order valence-corrected chi connectivity index (χ1v) is 7.25. The predicted octanol–water partition coefficient (Wildman–Crippen LogP) is 2.86. The number of carboxylic acid groups (broad SMARTS) is 1. The Morgan fingerprint density at radius 3 is 2.65 bits per heavy atom. The van der Waals surface area contributed by atoms with Crippen molar-refractivity contribution in [2.45, 2.75) is 32.7 Å². The SMILES string of the molecule is CC(C)NCCCC(=O)Nc1cc(Br)ccc1C(=O)O.